The van der Waals surface area contributed by atoms with Gasteiger partial charge in [0.15, 0.2) is 11.5 Å². The first-order valence-corrected chi connectivity index (χ1v) is 12.1. The minimum atomic E-state index is -0.975. The lowest BCUT2D eigenvalue weighted by atomic mass is 9.89. The molecule has 2 amide bonds. The maximum Gasteiger partial charge on any atom is 0.335 e. The molecule has 2 fully saturated rings. The van der Waals surface area contributed by atoms with Crippen LogP contribution in [-0.4, -0.2) is 40.8 Å². The zero-order valence-corrected chi connectivity index (χ0v) is 19.8. The summed E-state index contributed by atoms with van der Waals surface area (Å²) in [4.78, 5) is 38.1. The van der Waals surface area contributed by atoms with Crippen LogP contribution < -0.4 is 9.47 Å². The maximum atomic E-state index is 12.9. The number of benzene rings is 2. The van der Waals surface area contributed by atoms with E-state index >= 15 is 0 Å². The van der Waals surface area contributed by atoms with Crippen molar-refractivity contribution in [2.45, 2.75) is 38.7 Å². The van der Waals surface area contributed by atoms with Crippen LogP contribution in [0.2, 0.25) is 0 Å². The van der Waals surface area contributed by atoms with Gasteiger partial charge in [-0.2, -0.15) is 0 Å². The number of nitrogens with zero attached hydrogens (tertiary/aromatic N) is 1. The van der Waals surface area contributed by atoms with E-state index in [2.05, 4.69) is 0 Å². The number of carboxylic acids is 1. The molecule has 7 nitrogen and oxygen atoms in total. The van der Waals surface area contributed by atoms with Crippen molar-refractivity contribution < 1.29 is 29.0 Å². The van der Waals surface area contributed by atoms with E-state index in [0.717, 1.165) is 35.7 Å². The number of amides is 2. The fraction of sp³-hybridized carbons (Fsp3) is 0.346. The van der Waals surface area contributed by atoms with Crippen molar-refractivity contribution in [1.29, 1.82) is 0 Å². The first kappa shape index (κ1) is 23.9. The molecule has 4 rings (SSSR count). The van der Waals surface area contributed by atoms with Crippen molar-refractivity contribution in [2.75, 3.05) is 13.7 Å². The van der Waals surface area contributed by atoms with Gasteiger partial charge in [-0.1, -0.05) is 37.5 Å². The number of hydrogen-bond acceptors (Lipinski definition) is 6. The summed E-state index contributed by atoms with van der Waals surface area (Å²) in [7, 11) is 1.53. The highest BCUT2D eigenvalue weighted by molar-refractivity contribution is 8.18. The molecule has 1 saturated carbocycles. The molecule has 1 N–H and O–H groups in total. The number of ether oxygens (including phenoxy) is 2. The first-order chi connectivity index (χ1) is 16.4. The van der Waals surface area contributed by atoms with Gasteiger partial charge in [-0.15, -0.1) is 0 Å². The van der Waals surface area contributed by atoms with E-state index in [-0.39, 0.29) is 23.3 Å². The fourth-order valence-corrected chi connectivity index (χ4v) is 5.08. The molecule has 0 radical (unpaired) electrons. The molecule has 0 aromatic heterocycles. The number of hydrogen-bond donors (Lipinski definition) is 1. The summed E-state index contributed by atoms with van der Waals surface area (Å²) in [5.41, 5.74) is 1.77. The zero-order chi connectivity index (χ0) is 24.1. The highest BCUT2D eigenvalue weighted by Gasteiger charge is 2.36. The Morgan fingerprint density at radius 1 is 1.09 bits per heavy atom. The summed E-state index contributed by atoms with van der Waals surface area (Å²) >= 11 is 0.978. The van der Waals surface area contributed by atoms with Crippen LogP contribution in [0.15, 0.2) is 47.4 Å². The van der Waals surface area contributed by atoms with Gasteiger partial charge in [0.1, 0.15) is 6.61 Å². The predicted molar refractivity (Wildman–Crippen MR) is 130 cm³/mol. The van der Waals surface area contributed by atoms with Gasteiger partial charge in [-0.05, 0) is 72.0 Å². The van der Waals surface area contributed by atoms with E-state index < -0.39 is 5.97 Å². The molecule has 0 unspecified atom stereocenters. The minimum absolute atomic E-state index is 0.206. The highest BCUT2D eigenvalue weighted by Crippen LogP contribution is 2.36. The summed E-state index contributed by atoms with van der Waals surface area (Å²) in [6, 6.07) is 11.8. The minimum Gasteiger partial charge on any atom is -0.493 e. The van der Waals surface area contributed by atoms with E-state index in [9.17, 15) is 14.4 Å². The van der Waals surface area contributed by atoms with Crippen molar-refractivity contribution in [3.8, 4) is 11.5 Å². The molecule has 0 bridgehead atoms. The predicted octanol–water partition coefficient (Wildman–Crippen LogP) is 5.59. The van der Waals surface area contributed by atoms with Crippen LogP contribution >= 0.6 is 11.8 Å². The molecule has 1 aliphatic heterocycles. The van der Waals surface area contributed by atoms with Crippen LogP contribution in [0, 0.1) is 5.92 Å². The molecule has 1 aliphatic carbocycles. The van der Waals surface area contributed by atoms with Gasteiger partial charge < -0.3 is 14.6 Å². The Labute approximate surface area is 202 Å². The van der Waals surface area contributed by atoms with Crippen molar-refractivity contribution in [3.63, 3.8) is 0 Å². The maximum absolute atomic E-state index is 12.9. The van der Waals surface area contributed by atoms with Gasteiger partial charge in [-0.3, -0.25) is 14.5 Å². The van der Waals surface area contributed by atoms with Gasteiger partial charge in [0.2, 0.25) is 0 Å². The number of rotatable bonds is 8. The van der Waals surface area contributed by atoms with Gasteiger partial charge in [0.25, 0.3) is 11.1 Å². The van der Waals surface area contributed by atoms with Crippen LogP contribution in [0.1, 0.15) is 53.6 Å². The average molecular weight is 482 g/mol. The fourth-order valence-electron chi connectivity index (χ4n) is 4.23. The number of aromatic carboxylic acids is 1. The molecule has 1 saturated heterocycles. The number of methoxy groups -OCH3 is 1. The molecular formula is C26H27NO6S. The summed E-state index contributed by atoms with van der Waals surface area (Å²) in [5.74, 6) is 0.212. The molecule has 1 heterocycles. The van der Waals surface area contributed by atoms with E-state index in [1.807, 2.05) is 0 Å². The second kappa shape index (κ2) is 10.8. The number of carboxylic acid groups (broad SMARTS) is 1. The second-order valence-electron chi connectivity index (χ2n) is 8.50. The third kappa shape index (κ3) is 5.62. The smallest absolute Gasteiger partial charge is 0.335 e. The van der Waals surface area contributed by atoms with Gasteiger partial charge in [0, 0.05) is 6.54 Å². The largest absolute Gasteiger partial charge is 0.493 e. The molecule has 2 aromatic carbocycles. The molecule has 8 heteroatoms. The molecule has 34 heavy (non-hydrogen) atoms. The van der Waals surface area contributed by atoms with E-state index in [4.69, 9.17) is 14.6 Å². The molecule has 0 spiro atoms. The lowest BCUT2D eigenvalue weighted by Gasteiger charge is -2.25. The molecule has 2 aliphatic rings. The Morgan fingerprint density at radius 2 is 1.82 bits per heavy atom. The summed E-state index contributed by atoms with van der Waals surface area (Å²) in [6.07, 6.45) is 7.42. The number of thioether (sulfide) groups is 1. The SMILES string of the molecule is COc1cc(C=C2SC(=O)N(CC3CCCCC3)C2=O)ccc1OCc1ccc(C(=O)O)cc1. The summed E-state index contributed by atoms with van der Waals surface area (Å²) in [6.45, 7) is 0.751. The van der Waals surface area contributed by atoms with Crippen LogP contribution in [0.4, 0.5) is 4.79 Å². The third-order valence-corrected chi connectivity index (χ3v) is 7.03. The topological polar surface area (TPSA) is 93.1 Å². The number of carbonyl (C=O) groups excluding carboxylic acids is 2. The molecule has 2 aromatic rings. The van der Waals surface area contributed by atoms with Crippen LogP contribution in [0.25, 0.3) is 6.08 Å². The van der Waals surface area contributed by atoms with Crippen LogP contribution in [-0.2, 0) is 11.4 Å². The van der Waals surface area contributed by atoms with Crippen molar-refractivity contribution in [3.05, 3.63) is 64.1 Å². The third-order valence-electron chi connectivity index (χ3n) is 6.12. The lowest BCUT2D eigenvalue weighted by molar-refractivity contribution is -0.123. The highest BCUT2D eigenvalue weighted by atomic mass is 32.2. The van der Waals surface area contributed by atoms with E-state index in [0.29, 0.717) is 28.9 Å². The summed E-state index contributed by atoms with van der Waals surface area (Å²) < 4.78 is 11.3. The van der Waals surface area contributed by atoms with Crippen molar-refractivity contribution >= 4 is 35.0 Å². The number of carbonyl (C=O) groups is 3. The quantitative estimate of drug-likeness (QED) is 0.491. The van der Waals surface area contributed by atoms with Crippen molar-refractivity contribution in [2.24, 2.45) is 5.92 Å². The summed E-state index contributed by atoms with van der Waals surface area (Å²) in [5, 5.41) is 8.80. The Hall–Kier alpha value is -3.26. The average Bonchev–Trinajstić information content (AvgIpc) is 3.11. The number of imide groups is 1. The zero-order valence-electron chi connectivity index (χ0n) is 19.0. The first-order valence-electron chi connectivity index (χ1n) is 11.3. The molecular weight excluding hydrogens is 454 g/mol. The van der Waals surface area contributed by atoms with E-state index in [1.54, 1.807) is 36.4 Å². The Kier molecular flexibility index (Phi) is 7.57. The van der Waals surface area contributed by atoms with Gasteiger partial charge >= 0.3 is 5.97 Å². The standard InChI is InChI=1S/C26H27NO6S/c1-32-22-13-19(9-12-21(22)33-16-18-7-10-20(11-8-18)25(29)30)14-23-24(28)27(26(31)34-23)15-17-5-3-2-4-6-17/h7-14,17H,2-6,15-16H2,1H3,(H,29,30). The second-order valence-corrected chi connectivity index (χ2v) is 9.49. The monoisotopic (exact) mass is 481 g/mol. The molecule has 178 valence electrons. The van der Waals surface area contributed by atoms with E-state index in [1.165, 1.54) is 43.4 Å². The van der Waals surface area contributed by atoms with Gasteiger partial charge in [-0.25, -0.2) is 4.79 Å². The van der Waals surface area contributed by atoms with Gasteiger partial charge in [0.05, 0.1) is 17.6 Å². The van der Waals surface area contributed by atoms with Crippen LogP contribution in [0.5, 0.6) is 11.5 Å². The lowest BCUT2D eigenvalue weighted by Crippen LogP contribution is -2.34. The Morgan fingerprint density at radius 3 is 2.50 bits per heavy atom. The molecule has 0 atom stereocenters. The Balaban J connectivity index is 1.42. The Bertz CT molecular complexity index is 1100. The van der Waals surface area contributed by atoms with Crippen LogP contribution in [0.3, 0.4) is 0 Å². The normalized spacial score (nSPS) is 17.9. The van der Waals surface area contributed by atoms with Crippen molar-refractivity contribution in [1.82, 2.24) is 4.90 Å².